The van der Waals surface area contributed by atoms with Gasteiger partial charge in [-0.2, -0.15) is 0 Å². The number of H-pyrrole nitrogens is 1. The van der Waals surface area contributed by atoms with Crippen LogP contribution in [0.3, 0.4) is 0 Å². The third-order valence-electron chi connectivity index (χ3n) is 17.1. The molecule has 62 heavy (non-hydrogen) atoms. The molecule has 0 amide bonds. The summed E-state index contributed by atoms with van der Waals surface area (Å²) in [7, 11) is 1.87. The first-order chi connectivity index (χ1) is 29.9. The van der Waals surface area contributed by atoms with Crippen LogP contribution in [0.1, 0.15) is 81.9 Å². The van der Waals surface area contributed by atoms with Gasteiger partial charge < -0.3 is 55.2 Å². The second-order valence-corrected chi connectivity index (χ2v) is 19.8. The van der Waals surface area contributed by atoms with Crippen LogP contribution in [0, 0.1) is 29.1 Å². The number of aliphatic hydroxyl groups excluding tert-OH is 3. The standard InChI is InChI=1S/C50H58N2O10/c1-51-25-30-24-34-35-13-15-38(55)50(59)49(35,58)45(60-42(34)40(41(30)56)48(31-9-11-32(54)12-10-31)20-18-47(19-21-48)16-4-5-17-47)44(62-50)46(57)61-43-37(26-53)52-36-14-8-29-22-27-6-2-3-7-28(27)23-33(29)39(36)43/h2-3,6-12,14,22-23,30,34-35,38,40-42,44-45,51-56,58-59H,4-5,13,15-21,24-26H2,1H3. The van der Waals surface area contributed by atoms with E-state index in [1.54, 1.807) is 12.1 Å². The molecule has 6 aliphatic rings. The van der Waals surface area contributed by atoms with Gasteiger partial charge in [0.15, 0.2) is 17.5 Å². The number of carbonyl (C=O) groups is 1. The Bertz CT molecular complexity index is 2520. The molecule has 2 saturated heterocycles. The Balaban J connectivity index is 1.02. The lowest BCUT2D eigenvalue weighted by Crippen LogP contribution is -2.76. The topological polar surface area (TPSA) is 194 Å². The molecule has 4 saturated carbocycles. The number of aromatic hydroxyl groups is 1. The van der Waals surface area contributed by atoms with Crippen LogP contribution >= 0.6 is 0 Å². The first-order valence-corrected chi connectivity index (χ1v) is 22.8. The van der Waals surface area contributed by atoms with Gasteiger partial charge in [0.25, 0.3) is 0 Å². The van der Waals surface area contributed by atoms with Gasteiger partial charge in [0.1, 0.15) is 18.0 Å². The van der Waals surface area contributed by atoms with E-state index in [4.69, 9.17) is 14.2 Å². The Hall–Kier alpha value is -4.11. The molecule has 12 heteroatoms. The normalized spacial score (nSPS) is 35.9. The van der Waals surface area contributed by atoms with Crippen LogP contribution in [0.15, 0.2) is 72.8 Å². The fraction of sp³-hybridized carbons (Fsp3) is 0.540. The summed E-state index contributed by atoms with van der Waals surface area (Å²) in [4.78, 5) is 18.1. The monoisotopic (exact) mass is 846 g/mol. The van der Waals surface area contributed by atoms with Crippen LogP contribution in [0.25, 0.3) is 32.4 Å². The molecule has 11 atom stereocenters. The Morgan fingerprint density at radius 2 is 1.63 bits per heavy atom. The summed E-state index contributed by atoms with van der Waals surface area (Å²) in [5.74, 6) is -4.98. The number of carbonyl (C=O) groups excluding carboxylic acids is 1. The fourth-order valence-electron chi connectivity index (χ4n) is 14.1. The molecule has 8 N–H and O–H groups in total. The zero-order valence-electron chi connectivity index (χ0n) is 35.1. The van der Waals surface area contributed by atoms with Crippen molar-refractivity contribution in [3.8, 4) is 11.5 Å². The minimum absolute atomic E-state index is 0.104. The molecule has 12 nitrogen and oxygen atoms in total. The Labute approximate surface area is 360 Å². The van der Waals surface area contributed by atoms with Gasteiger partial charge in [-0.3, -0.25) is 0 Å². The number of esters is 1. The van der Waals surface area contributed by atoms with Crippen molar-refractivity contribution in [3.05, 3.63) is 84.1 Å². The van der Waals surface area contributed by atoms with Crippen LogP contribution < -0.4 is 10.1 Å². The lowest BCUT2D eigenvalue weighted by Gasteiger charge is -2.63. The maximum absolute atomic E-state index is 14.9. The summed E-state index contributed by atoms with van der Waals surface area (Å²) in [6.45, 7) is 0.0515. The van der Waals surface area contributed by atoms with E-state index in [2.05, 4.69) is 16.4 Å². The fourth-order valence-corrected chi connectivity index (χ4v) is 14.1. The summed E-state index contributed by atoms with van der Waals surface area (Å²) in [5.41, 5.74) is -0.585. The van der Waals surface area contributed by atoms with E-state index >= 15 is 0 Å². The molecular formula is C50H58N2O10. The number of fused-ring (bicyclic) bond motifs is 6. The molecule has 1 spiro atoms. The molecule has 5 aromatic rings. The smallest absolute Gasteiger partial charge is 0.343 e. The molecular weight excluding hydrogens is 789 g/mol. The number of benzene rings is 4. The Morgan fingerprint density at radius 1 is 0.903 bits per heavy atom. The maximum atomic E-state index is 14.9. The van der Waals surface area contributed by atoms with Crippen LogP contribution in [0.4, 0.5) is 0 Å². The Morgan fingerprint density at radius 3 is 2.34 bits per heavy atom. The van der Waals surface area contributed by atoms with Crippen molar-refractivity contribution in [2.24, 2.45) is 29.1 Å². The highest BCUT2D eigenvalue weighted by atomic mass is 16.7. The third kappa shape index (κ3) is 5.77. The van der Waals surface area contributed by atoms with Gasteiger partial charge in [-0.1, -0.05) is 55.3 Å². The highest BCUT2D eigenvalue weighted by molar-refractivity contribution is 6.14. The Kier molecular flexibility index (Phi) is 9.65. The number of aromatic amines is 1. The number of rotatable bonds is 7. The number of phenols is 1. The van der Waals surface area contributed by atoms with E-state index in [1.807, 2.05) is 61.6 Å². The minimum atomic E-state index is -2.56. The number of hydrogen-bond acceptors (Lipinski definition) is 11. The van der Waals surface area contributed by atoms with E-state index in [0.717, 1.165) is 52.8 Å². The number of ether oxygens (including phenoxy) is 3. The average molecular weight is 847 g/mol. The number of aliphatic hydroxyl groups is 5. The largest absolute Gasteiger partial charge is 0.508 e. The first-order valence-electron chi connectivity index (χ1n) is 22.8. The molecule has 4 aliphatic carbocycles. The molecule has 1 aromatic heterocycles. The molecule has 0 bridgehead atoms. The van der Waals surface area contributed by atoms with Crippen LogP contribution in [-0.2, 0) is 26.3 Å². The summed E-state index contributed by atoms with van der Waals surface area (Å²) in [5, 5.41) is 78.6. The molecule has 4 aromatic carbocycles. The predicted octanol–water partition coefficient (Wildman–Crippen LogP) is 5.84. The van der Waals surface area contributed by atoms with Crippen molar-refractivity contribution in [1.82, 2.24) is 10.3 Å². The predicted molar refractivity (Wildman–Crippen MR) is 231 cm³/mol. The summed E-state index contributed by atoms with van der Waals surface area (Å²) >= 11 is 0. The number of nitrogens with one attached hydrogen (secondary N) is 2. The minimum Gasteiger partial charge on any atom is -0.508 e. The van der Waals surface area contributed by atoms with E-state index in [1.165, 1.54) is 25.7 Å². The van der Waals surface area contributed by atoms with Crippen molar-refractivity contribution in [3.63, 3.8) is 0 Å². The SMILES string of the molecule is CNCC1CC2C(OC3C(C(=O)Oc4c(CO)[nH]c5ccc6cc7ccccc7cc6c45)OC4(O)C(O)CCC2C34O)C(C2(c3ccc(O)cc3)CCC3(CCCC3)CC2)C1O. The molecule has 0 radical (unpaired) electrons. The lowest BCUT2D eigenvalue weighted by molar-refractivity contribution is -0.365. The van der Waals surface area contributed by atoms with E-state index in [0.29, 0.717) is 30.3 Å². The quantitative estimate of drug-likeness (QED) is 0.0725. The first kappa shape index (κ1) is 40.7. The molecule has 11 unspecified atom stereocenters. The van der Waals surface area contributed by atoms with Gasteiger partial charge in [-0.25, -0.2) is 4.79 Å². The summed E-state index contributed by atoms with van der Waals surface area (Å²) in [6.07, 6.45) is 3.18. The van der Waals surface area contributed by atoms with Gasteiger partial charge in [0, 0.05) is 23.8 Å². The maximum Gasteiger partial charge on any atom is 0.343 e. The van der Waals surface area contributed by atoms with Crippen molar-refractivity contribution in [1.29, 1.82) is 0 Å². The molecule has 2 aliphatic heterocycles. The van der Waals surface area contributed by atoms with Gasteiger partial charge in [-0.15, -0.1) is 0 Å². The number of hydrogen-bond donors (Lipinski definition) is 8. The number of phenolic OH excluding ortho intramolecular Hbond substituents is 1. The molecule has 328 valence electrons. The number of aromatic nitrogens is 1. The lowest BCUT2D eigenvalue weighted by atomic mass is 9.47. The zero-order valence-corrected chi connectivity index (χ0v) is 35.1. The van der Waals surface area contributed by atoms with Crippen molar-refractivity contribution in [2.75, 3.05) is 13.6 Å². The highest BCUT2D eigenvalue weighted by Crippen LogP contribution is 2.65. The van der Waals surface area contributed by atoms with E-state index < -0.39 is 71.7 Å². The van der Waals surface area contributed by atoms with E-state index in [-0.39, 0.29) is 40.9 Å². The summed E-state index contributed by atoms with van der Waals surface area (Å²) in [6, 6.07) is 23.3. The van der Waals surface area contributed by atoms with Crippen molar-refractivity contribution < 1.29 is 49.6 Å². The third-order valence-corrected chi connectivity index (χ3v) is 17.1. The van der Waals surface area contributed by atoms with Gasteiger partial charge in [0.05, 0.1) is 35.4 Å². The molecule has 3 heterocycles. The molecule has 6 fully saturated rings. The van der Waals surface area contributed by atoms with Crippen LogP contribution in [0.5, 0.6) is 11.5 Å². The van der Waals surface area contributed by atoms with Crippen molar-refractivity contribution in [2.45, 2.75) is 125 Å². The highest BCUT2D eigenvalue weighted by Gasteiger charge is 2.79. The van der Waals surface area contributed by atoms with E-state index in [9.17, 15) is 35.4 Å². The van der Waals surface area contributed by atoms with Gasteiger partial charge >= 0.3 is 5.97 Å². The zero-order chi connectivity index (χ0) is 42.8. The van der Waals surface area contributed by atoms with Gasteiger partial charge in [0.2, 0.25) is 5.79 Å². The van der Waals surface area contributed by atoms with Crippen LogP contribution in [-0.4, -0.2) is 97.1 Å². The van der Waals surface area contributed by atoms with Crippen LogP contribution in [0.2, 0.25) is 0 Å². The average Bonchev–Trinajstić information content (AvgIpc) is 3.96. The van der Waals surface area contributed by atoms with Gasteiger partial charge in [-0.05, 0) is 140 Å². The molecule has 11 rings (SSSR count). The second kappa shape index (κ2) is 14.7. The van der Waals surface area contributed by atoms with Crippen molar-refractivity contribution >= 4 is 38.4 Å². The summed E-state index contributed by atoms with van der Waals surface area (Å²) < 4.78 is 19.8. The second-order valence-electron chi connectivity index (χ2n) is 19.8.